The minimum atomic E-state index is -0.104. The highest BCUT2D eigenvalue weighted by Crippen LogP contribution is 2.49. The van der Waals surface area contributed by atoms with E-state index in [1.807, 2.05) is 13.8 Å². The maximum Gasteiger partial charge on any atom is 0.0548 e. The zero-order valence-corrected chi connectivity index (χ0v) is 15.8. The van der Waals surface area contributed by atoms with Gasteiger partial charge >= 0.3 is 0 Å². The maximum absolute atomic E-state index is 9.90. The van der Waals surface area contributed by atoms with Crippen molar-refractivity contribution in [2.45, 2.75) is 85.7 Å². The number of rotatable bonds is 3. The van der Waals surface area contributed by atoms with Crippen LogP contribution in [-0.2, 0) is 0 Å². The Morgan fingerprint density at radius 2 is 1.73 bits per heavy atom. The SMILES string of the molecule is C=CC1CC(O)CC2CCCC(C(=C)C)C12.CC.CCCC. The molecule has 1 heteroatoms. The number of fused-ring (bicyclic) bond motifs is 1. The average molecular weight is 309 g/mol. The van der Waals surface area contributed by atoms with Gasteiger partial charge in [0.1, 0.15) is 0 Å². The Balaban J connectivity index is 0.000000640. The number of aliphatic hydroxyl groups excluding tert-OH is 1. The van der Waals surface area contributed by atoms with Crippen LogP contribution in [0.4, 0.5) is 0 Å². The van der Waals surface area contributed by atoms with Crippen LogP contribution in [0, 0.1) is 23.7 Å². The molecule has 0 amide bonds. The Labute approximate surface area is 139 Å². The van der Waals surface area contributed by atoms with Crippen LogP contribution in [0.2, 0.25) is 0 Å². The van der Waals surface area contributed by atoms with Crippen molar-refractivity contribution < 1.29 is 5.11 Å². The van der Waals surface area contributed by atoms with Crippen molar-refractivity contribution in [2.75, 3.05) is 0 Å². The van der Waals surface area contributed by atoms with E-state index in [9.17, 15) is 5.11 Å². The summed E-state index contributed by atoms with van der Waals surface area (Å²) in [7, 11) is 0. The molecule has 0 heterocycles. The van der Waals surface area contributed by atoms with E-state index in [-0.39, 0.29) is 6.10 Å². The molecule has 0 bridgehead atoms. The molecule has 2 saturated carbocycles. The van der Waals surface area contributed by atoms with Gasteiger partial charge in [-0.15, -0.1) is 6.58 Å². The van der Waals surface area contributed by atoms with E-state index in [0.717, 1.165) is 12.8 Å². The van der Waals surface area contributed by atoms with Crippen molar-refractivity contribution >= 4 is 0 Å². The molecule has 0 aromatic rings. The molecule has 130 valence electrons. The van der Waals surface area contributed by atoms with Crippen molar-refractivity contribution in [3.63, 3.8) is 0 Å². The Bertz CT molecular complexity index is 305. The Kier molecular flexibility index (Phi) is 11.6. The van der Waals surface area contributed by atoms with Gasteiger partial charge < -0.3 is 5.11 Å². The fourth-order valence-electron chi connectivity index (χ4n) is 3.98. The summed E-state index contributed by atoms with van der Waals surface area (Å²) in [6.45, 7) is 18.6. The lowest BCUT2D eigenvalue weighted by Crippen LogP contribution is -2.41. The Morgan fingerprint density at radius 1 is 1.14 bits per heavy atom. The van der Waals surface area contributed by atoms with Gasteiger partial charge in [0, 0.05) is 0 Å². The number of allylic oxidation sites excluding steroid dienone is 2. The van der Waals surface area contributed by atoms with Crippen LogP contribution < -0.4 is 0 Å². The summed E-state index contributed by atoms with van der Waals surface area (Å²) in [6.07, 6.45) is 10.4. The predicted molar refractivity (Wildman–Crippen MR) is 100.0 cm³/mol. The summed E-state index contributed by atoms with van der Waals surface area (Å²) in [5, 5.41) is 9.90. The molecule has 2 aliphatic rings. The van der Waals surface area contributed by atoms with Crippen LogP contribution in [0.3, 0.4) is 0 Å². The second kappa shape index (κ2) is 11.9. The Hall–Kier alpha value is -0.560. The zero-order valence-electron chi connectivity index (χ0n) is 15.8. The van der Waals surface area contributed by atoms with E-state index in [1.165, 1.54) is 37.7 Å². The van der Waals surface area contributed by atoms with Crippen LogP contribution in [0.1, 0.15) is 79.6 Å². The van der Waals surface area contributed by atoms with Crippen molar-refractivity contribution in [3.8, 4) is 0 Å². The molecule has 0 aromatic carbocycles. The van der Waals surface area contributed by atoms with Crippen LogP contribution in [0.15, 0.2) is 24.8 Å². The first-order chi connectivity index (χ1) is 10.5. The zero-order chi connectivity index (χ0) is 17.1. The smallest absolute Gasteiger partial charge is 0.0548 e. The number of unbranched alkanes of at least 4 members (excludes halogenated alkanes) is 1. The first-order valence-electron chi connectivity index (χ1n) is 9.51. The third-order valence-electron chi connectivity index (χ3n) is 5.15. The number of hydrogen-bond acceptors (Lipinski definition) is 1. The molecule has 2 rings (SSSR count). The molecular weight excluding hydrogens is 268 g/mol. The highest BCUT2D eigenvalue weighted by atomic mass is 16.3. The van der Waals surface area contributed by atoms with Gasteiger partial charge in [-0.1, -0.05) is 71.6 Å². The van der Waals surface area contributed by atoms with Gasteiger partial charge in [0.15, 0.2) is 0 Å². The monoisotopic (exact) mass is 308 g/mol. The second-order valence-electron chi connectivity index (χ2n) is 6.75. The lowest BCUT2D eigenvalue weighted by molar-refractivity contribution is 0.00333. The predicted octanol–water partition coefficient (Wildman–Crippen LogP) is 6.38. The third-order valence-corrected chi connectivity index (χ3v) is 5.15. The highest BCUT2D eigenvalue weighted by molar-refractivity contribution is 5.08. The molecule has 0 saturated heterocycles. The molecule has 0 spiro atoms. The fourth-order valence-corrected chi connectivity index (χ4v) is 3.98. The van der Waals surface area contributed by atoms with E-state index >= 15 is 0 Å². The minimum Gasteiger partial charge on any atom is -0.393 e. The molecule has 22 heavy (non-hydrogen) atoms. The third kappa shape index (κ3) is 6.28. The van der Waals surface area contributed by atoms with Crippen molar-refractivity contribution in [2.24, 2.45) is 23.7 Å². The first-order valence-corrected chi connectivity index (χ1v) is 9.51. The molecule has 0 radical (unpaired) electrons. The van der Waals surface area contributed by atoms with Gasteiger partial charge in [-0.3, -0.25) is 0 Å². The molecule has 2 aliphatic carbocycles. The van der Waals surface area contributed by atoms with E-state index in [2.05, 4.69) is 40.0 Å². The van der Waals surface area contributed by atoms with Crippen molar-refractivity contribution in [1.29, 1.82) is 0 Å². The van der Waals surface area contributed by atoms with Crippen LogP contribution in [-0.4, -0.2) is 11.2 Å². The van der Waals surface area contributed by atoms with Gasteiger partial charge in [0.2, 0.25) is 0 Å². The normalized spacial score (nSPS) is 33.3. The van der Waals surface area contributed by atoms with Gasteiger partial charge in [-0.05, 0) is 49.9 Å². The Morgan fingerprint density at radius 3 is 2.18 bits per heavy atom. The maximum atomic E-state index is 9.90. The molecule has 0 aromatic heterocycles. The summed E-state index contributed by atoms with van der Waals surface area (Å²) >= 11 is 0. The van der Waals surface area contributed by atoms with Gasteiger partial charge in [-0.2, -0.15) is 0 Å². The summed E-state index contributed by atoms with van der Waals surface area (Å²) in [6, 6.07) is 0. The van der Waals surface area contributed by atoms with Gasteiger partial charge in [0.25, 0.3) is 0 Å². The molecule has 5 atom stereocenters. The summed E-state index contributed by atoms with van der Waals surface area (Å²) < 4.78 is 0. The molecule has 0 aliphatic heterocycles. The quantitative estimate of drug-likeness (QED) is 0.599. The first kappa shape index (κ1) is 21.4. The van der Waals surface area contributed by atoms with Gasteiger partial charge in [0.05, 0.1) is 6.10 Å². The molecule has 5 unspecified atom stereocenters. The average Bonchev–Trinajstić information content (AvgIpc) is 2.55. The van der Waals surface area contributed by atoms with Crippen molar-refractivity contribution in [3.05, 3.63) is 24.8 Å². The highest BCUT2D eigenvalue weighted by Gasteiger charge is 2.42. The van der Waals surface area contributed by atoms with Crippen molar-refractivity contribution in [1.82, 2.24) is 0 Å². The van der Waals surface area contributed by atoms with E-state index in [1.54, 1.807) is 0 Å². The minimum absolute atomic E-state index is 0.104. The van der Waals surface area contributed by atoms with E-state index < -0.39 is 0 Å². The number of aliphatic hydroxyl groups is 1. The van der Waals surface area contributed by atoms with E-state index in [0.29, 0.717) is 23.7 Å². The number of hydrogen-bond donors (Lipinski definition) is 1. The largest absolute Gasteiger partial charge is 0.393 e. The summed E-state index contributed by atoms with van der Waals surface area (Å²) in [5.41, 5.74) is 1.33. The lowest BCUT2D eigenvalue weighted by atomic mass is 9.59. The summed E-state index contributed by atoms with van der Waals surface area (Å²) in [4.78, 5) is 0. The molecule has 2 fully saturated rings. The fraction of sp³-hybridized carbons (Fsp3) is 0.810. The summed E-state index contributed by atoms with van der Waals surface area (Å²) in [5.74, 6) is 2.55. The topological polar surface area (TPSA) is 20.2 Å². The van der Waals surface area contributed by atoms with Crippen LogP contribution in [0.25, 0.3) is 0 Å². The molecular formula is C21H40O. The lowest BCUT2D eigenvalue weighted by Gasteiger charge is -2.47. The molecule has 1 N–H and O–H groups in total. The van der Waals surface area contributed by atoms with Crippen LogP contribution >= 0.6 is 0 Å². The standard InChI is InChI=1S/C15H24O.C4H10.C2H6/c1-4-11-8-13(16)9-12-6-5-7-14(10(2)3)15(11)12;1-3-4-2;1-2/h4,11-16H,1-2,5-9H2,3H3;3-4H2,1-2H3;1-2H3. The van der Waals surface area contributed by atoms with E-state index in [4.69, 9.17) is 0 Å². The van der Waals surface area contributed by atoms with Gasteiger partial charge in [-0.25, -0.2) is 0 Å². The second-order valence-corrected chi connectivity index (χ2v) is 6.75. The van der Waals surface area contributed by atoms with Crippen LogP contribution in [0.5, 0.6) is 0 Å². The molecule has 1 nitrogen and oxygen atoms in total.